The van der Waals surface area contributed by atoms with Gasteiger partial charge in [0.1, 0.15) is 29.6 Å². The number of phenolic OH excluding ortho intramolecular Hbond substituents is 1. The summed E-state index contributed by atoms with van der Waals surface area (Å²) in [5, 5.41) is 11.6. The molecule has 0 spiro atoms. The predicted molar refractivity (Wildman–Crippen MR) is 151 cm³/mol. The van der Waals surface area contributed by atoms with Crippen LogP contribution in [0.25, 0.3) is 21.9 Å². The van der Waals surface area contributed by atoms with Crippen LogP contribution < -0.4 is 9.47 Å². The van der Waals surface area contributed by atoms with Crippen molar-refractivity contribution in [2.45, 2.75) is 24.3 Å². The highest BCUT2D eigenvalue weighted by atomic mass is 32.2. The topological polar surface area (TPSA) is 76.1 Å². The highest BCUT2D eigenvalue weighted by Crippen LogP contribution is 2.41. The second-order valence-corrected chi connectivity index (χ2v) is 12.2. The molecule has 1 aliphatic heterocycles. The Morgan fingerprint density at radius 1 is 1.00 bits per heavy atom. The third kappa shape index (κ3) is 6.18. The zero-order valence-corrected chi connectivity index (χ0v) is 22.8. The summed E-state index contributed by atoms with van der Waals surface area (Å²) in [5.74, 6) is 2.21. The molecule has 2 atom stereocenters. The maximum Gasteiger partial charge on any atom is 0.175 e. The van der Waals surface area contributed by atoms with Crippen LogP contribution in [0, 0.1) is 5.92 Å². The van der Waals surface area contributed by atoms with Gasteiger partial charge in [0, 0.05) is 35.7 Å². The monoisotopic (exact) mass is 549 g/mol. The number of ether oxygens (including phenoxy) is 2. The third-order valence-corrected chi connectivity index (χ3v) is 8.37. The fourth-order valence-corrected chi connectivity index (χ4v) is 5.57. The van der Waals surface area contributed by atoms with E-state index in [0.29, 0.717) is 18.1 Å². The maximum absolute atomic E-state index is 13.0. The summed E-state index contributed by atoms with van der Waals surface area (Å²) >= 11 is 0. The molecule has 4 aromatic carbocycles. The molecule has 1 unspecified atom stereocenters. The number of likely N-dealkylation sites (tertiary alicyclic amines) is 1. The first-order valence-corrected chi connectivity index (χ1v) is 14.9. The van der Waals surface area contributed by atoms with Crippen LogP contribution in [0.4, 0.5) is 4.39 Å². The number of sulfone groups is 1. The first-order valence-electron chi connectivity index (χ1n) is 13.0. The summed E-state index contributed by atoms with van der Waals surface area (Å²) in [6, 6.07) is 23.2. The van der Waals surface area contributed by atoms with Crippen LogP contribution in [-0.4, -0.2) is 57.1 Å². The predicted octanol–water partition coefficient (Wildman–Crippen LogP) is 6.47. The van der Waals surface area contributed by atoms with Crippen molar-refractivity contribution in [3.05, 3.63) is 78.9 Å². The van der Waals surface area contributed by atoms with Crippen LogP contribution in [-0.2, 0) is 9.84 Å². The molecule has 1 fully saturated rings. The molecule has 0 aliphatic carbocycles. The fraction of sp³-hybridized carbons (Fsp3) is 0.290. The number of fused-ring (bicyclic) bond motifs is 1. The lowest BCUT2D eigenvalue weighted by Crippen LogP contribution is -2.35. The van der Waals surface area contributed by atoms with Gasteiger partial charge in [-0.15, -0.1) is 0 Å². The molecule has 8 heteroatoms. The van der Waals surface area contributed by atoms with Gasteiger partial charge in [0.15, 0.2) is 9.84 Å². The molecule has 0 bridgehead atoms. The SMILES string of the molecule is CC(COc1ccc(Oc2c(-c3ccc(S(C)(=O)=O)cc3)ccc3cc(O)ccc23)cc1)N1CC[C@@H](CF)C1. The minimum absolute atomic E-state index is 0.129. The Morgan fingerprint density at radius 2 is 1.72 bits per heavy atom. The molecule has 0 radical (unpaired) electrons. The molecular weight excluding hydrogens is 517 g/mol. The summed E-state index contributed by atoms with van der Waals surface area (Å²) in [5.41, 5.74) is 1.60. The number of alkyl halides is 1. The van der Waals surface area contributed by atoms with Crippen LogP contribution in [0.1, 0.15) is 13.3 Å². The number of halogens is 1. The van der Waals surface area contributed by atoms with Gasteiger partial charge in [-0.25, -0.2) is 8.42 Å². The second-order valence-electron chi connectivity index (χ2n) is 10.2. The normalized spacial score (nSPS) is 16.8. The Hall–Kier alpha value is -3.62. The van der Waals surface area contributed by atoms with Gasteiger partial charge in [0.2, 0.25) is 0 Å². The maximum atomic E-state index is 13.0. The van der Waals surface area contributed by atoms with Crippen molar-refractivity contribution in [1.82, 2.24) is 4.90 Å². The molecule has 204 valence electrons. The molecule has 4 aromatic rings. The number of benzene rings is 4. The second kappa shape index (κ2) is 11.2. The van der Waals surface area contributed by atoms with E-state index in [4.69, 9.17) is 9.47 Å². The first-order chi connectivity index (χ1) is 18.7. The van der Waals surface area contributed by atoms with Crippen LogP contribution in [0.2, 0.25) is 0 Å². The van der Waals surface area contributed by atoms with Gasteiger partial charge in [-0.3, -0.25) is 9.29 Å². The number of aromatic hydroxyl groups is 1. The van der Waals surface area contributed by atoms with Gasteiger partial charge in [0.05, 0.1) is 11.6 Å². The molecule has 1 heterocycles. The molecule has 1 saturated heterocycles. The summed E-state index contributed by atoms with van der Waals surface area (Å²) in [6.45, 7) is 4.01. The van der Waals surface area contributed by atoms with Crippen molar-refractivity contribution in [3.8, 4) is 34.1 Å². The van der Waals surface area contributed by atoms with E-state index in [2.05, 4.69) is 11.8 Å². The van der Waals surface area contributed by atoms with E-state index in [1.807, 2.05) is 36.4 Å². The molecule has 39 heavy (non-hydrogen) atoms. The molecule has 6 nitrogen and oxygen atoms in total. The Morgan fingerprint density at radius 3 is 2.38 bits per heavy atom. The zero-order chi connectivity index (χ0) is 27.6. The van der Waals surface area contributed by atoms with E-state index in [1.54, 1.807) is 42.5 Å². The molecule has 5 rings (SSSR count). The summed E-state index contributed by atoms with van der Waals surface area (Å²) in [4.78, 5) is 2.51. The van der Waals surface area contributed by atoms with Crippen molar-refractivity contribution in [1.29, 1.82) is 0 Å². The molecule has 1 aliphatic rings. The van der Waals surface area contributed by atoms with Gasteiger partial charge in [-0.2, -0.15) is 0 Å². The Balaban J connectivity index is 1.37. The average Bonchev–Trinajstić information content (AvgIpc) is 3.42. The van der Waals surface area contributed by atoms with Crippen molar-refractivity contribution in [2.24, 2.45) is 5.92 Å². The van der Waals surface area contributed by atoms with E-state index in [1.165, 1.54) is 6.26 Å². The smallest absolute Gasteiger partial charge is 0.175 e. The van der Waals surface area contributed by atoms with E-state index < -0.39 is 9.84 Å². The standard InChI is InChI=1S/C31H32FNO5S/c1-21(33-16-15-22(18-32)19-33)20-37-26-7-9-27(10-8-26)38-31-29(13-5-24-17-25(34)6-14-30(24)31)23-3-11-28(12-4-23)39(2,35)36/h3-14,17,21-22,34H,15-16,18-20H2,1-2H3/t21?,22-/m0/s1. The number of rotatable bonds is 9. The Kier molecular flexibility index (Phi) is 7.77. The number of phenols is 1. The van der Waals surface area contributed by atoms with Crippen LogP contribution >= 0.6 is 0 Å². The minimum atomic E-state index is -3.31. The number of hydrogen-bond acceptors (Lipinski definition) is 6. The van der Waals surface area contributed by atoms with Crippen molar-refractivity contribution < 1.29 is 27.4 Å². The average molecular weight is 550 g/mol. The number of nitrogens with zero attached hydrogens (tertiary/aromatic N) is 1. The highest BCUT2D eigenvalue weighted by Gasteiger charge is 2.26. The number of hydrogen-bond donors (Lipinski definition) is 1. The van der Waals surface area contributed by atoms with Crippen molar-refractivity contribution in [3.63, 3.8) is 0 Å². The molecule has 1 N–H and O–H groups in total. The zero-order valence-electron chi connectivity index (χ0n) is 22.0. The van der Waals surface area contributed by atoms with E-state index in [0.717, 1.165) is 47.2 Å². The third-order valence-electron chi connectivity index (χ3n) is 7.24. The lowest BCUT2D eigenvalue weighted by Gasteiger charge is -2.24. The van der Waals surface area contributed by atoms with Crippen LogP contribution in [0.15, 0.2) is 83.8 Å². The molecule has 0 aromatic heterocycles. The Labute approximate surface area is 228 Å². The van der Waals surface area contributed by atoms with Crippen molar-refractivity contribution >= 4 is 20.6 Å². The van der Waals surface area contributed by atoms with Crippen LogP contribution in [0.3, 0.4) is 0 Å². The molecule has 0 saturated carbocycles. The lowest BCUT2D eigenvalue weighted by molar-refractivity contribution is 0.165. The largest absolute Gasteiger partial charge is 0.508 e. The molecule has 0 amide bonds. The van der Waals surface area contributed by atoms with Crippen LogP contribution in [0.5, 0.6) is 23.0 Å². The first kappa shape index (κ1) is 27.0. The van der Waals surface area contributed by atoms with Crippen molar-refractivity contribution in [2.75, 3.05) is 32.6 Å². The van der Waals surface area contributed by atoms with E-state index in [9.17, 15) is 17.9 Å². The summed E-state index contributed by atoms with van der Waals surface area (Å²) in [6.07, 6.45) is 2.08. The Bertz CT molecular complexity index is 1550. The lowest BCUT2D eigenvalue weighted by atomic mass is 9.99. The van der Waals surface area contributed by atoms with Gasteiger partial charge in [-0.05, 0) is 91.5 Å². The fourth-order valence-electron chi connectivity index (χ4n) is 4.94. The summed E-state index contributed by atoms with van der Waals surface area (Å²) < 4.78 is 49.2. The summed E-state index contributed by atoms with van der Waals surface area (Å²) in [7, 11) is -3.31. The van der Waals surface area contributed by atoms with Gasteiger partial charge in [0.25, 0.3) is 0 Å². The van der Waals surface area contributed by atoms with Gasteiger partial charge >= 0.3 is 0 Å². The molecular formula is C31H32FNO5S. The van der Waals surface area contributed by atoms with Gasteiger partial charge < -0.3 is 14.6 Å². The van der Waals surface area contributed by atoms with Gasteiger partial charge in [-0.1, -0.05) is 18.2 Å². The van der Waals surface area contributed by atoms with E-state index in [-0.39, 0.29) is 29.3 Å². The minimum Gasteiger partial charge on any atom is -0.508 e. The van der Waals surface area contributed by atoms with E-state index >= 15 is 0 Å². The quantitative estimate of drug-likeness (QED) is 0.258. The highest BCUT2D eigenvalue weighted by molar-refractivity contribution is 7.90.